The molecule has 5 nitrogen and oxygen atoms in total. The van der Waals surface area contributed by atoms with Gasteiger partial charge in [0.1, 0.15) is 5.82 Å². The molecule has 2 aromatic carbocycles. The highest BCUT2D eigenvalue weighted by molar-refractivity contribution is 5.79. The van der Waals surface area contributed by atoms with E-state index in [0.717, 1.165) is 16.6 Å². The fourth-order valence-corrected chi connectivity index (χ4v) is 1.83. The molecule has 0 unspecified atom stereocenters. The van der Waals surface area contributed by atoms with E-state index in [0.29, 0.717) is 5.82 Å². The summed E-state index contributed by atoms with van der Waals surface area (Å²) in [6, 6.07) is 14.0. The summed E-state index contributed by atoms with van der Waals surface area (Å²) in [5.41, 5.74) is 2.74. The van der Waals surface area contributed by atoms with E-state index < -0.39 is 4.92 Å². The quantitative estimate of drug-likeness (QED) is 0.551. The zero-order valence-corrected chi connectivity index (χ0v) is 9.33. The Hall–Kier alpha value is -2.69. The van der Waals surface area contributed by atoms with E-state index in [9.17, 15) is 10.1 Å². The molecule has 0 radical (unpaired) electrons. The van der Waals surface area contributed by atoms with Crippen LogP contribution in [0.3, 0.4) is 0 Å². The van der Waals surface area contributed by atoms with Gasteiger partial charge in [0.25, 0.3) is 5.69 Å². The largest absolute Gasteiger partial charge is 0.338 e. The van der Waals surface area contributed by atoms with Gasteiger partial charge in [-0.3, -0.25) is 10.1 Å². The van der Waals surface area contributed by atoms with E-state index >= 15 is 0 Å². The lowest BCUT2D eigenvalue weighted by Crippen LogP contribution is -1.87. The summed E-state index contributed by atoms with van der Waals surface area (Å²) < 4.78 is 0. The Bertz CT molecular complexity index is 683. The Balaban J connectivity index is 2.06. The van der Waals surface area contributed by atoms with E-state index in [1.165, 1.54) is 12.1 Å². The zero-order valence-electron chi connectivity index (χ0n) is 9.33. The first-order valence-corrected chi connectivity index (χ1v) is 5.43. The predicted octanol–water partition coefficient (Wildman–Crippen LogP) is 3.14. The number of non-ortho nitro benzene ring substituents is 1. The number of aromatic nitrogens is 2. The van der Waals surface area contributed by atoms with Crippen molar-refractivity contribution >= 4 is 16.7 Å². The Labute approximate surface area is 102 Å². The molecule has 0 amide bonds. The normalized spacial score (nSPS) is 10.7. The lowest BCUT2D eigenvalue weighted by molar-refractivity contribution is -0.384. The van der Waals surface area contributed by atoms with Crippen molar-refractivity contribution in [2.45, 2.75) is 0 Å². The van der Waals surface area contributed by atoms with Crippen molar-refractivity contribution in [2.75, 3.05) is 0 Å². The number of para-hydroxylation sites is 2. The van der Waals surface area contributed by atoms with Gasteiger partial charge in [-0.1, -0.05) is 12.1 Å². The molecule has 0 atom stereocenters. The molecule has 3 aromatic rings. The van der Waals surface area contributed by atoms with Gasteiger partial charge >= 0.3 is 0 Å². The first-order chi connectivity index (χ1) is 8.74. The van der Waals surface area contributed by atoms with E-state index in [1.54, 1.807) is 12.1 Å². The van der Waals surface area contributed by atoms with Crippen LogP contribution in [0.4, 0.5) is 5.69 Å². The number of aromatic amines is 1. The average Bonchev–Trinajstić information content (AvgIpc) is 2.82. The third kappa shape index (κ3) is 1.71. The first-order valence-electron chi connectivity index (χ1n) is 5.43. The highest BCUT2D eigenvalue weighted by atomic mass is 16.6. The summed E-state index contributed by atoms with van der Waals surface area (Å²) in [5.74, 6) is 0.714. The fraction of sp³-hybridized carbons (Fsp3) is 0. The lowest BCUT2D eigenvalue weighted by atomic mass is 10.2. The Morgan fingerprint density at radius 2 is 1.78 bits per heavy atom. The minimum absolute atomic E-state index is 0.0786. The van der Waals surface area contributed by atoms with Gasteiger partial charge in [0.05, 0.1) is 16.0 Å². The van der Waals surface area contributed by atoms with Gasteiger partial charge in [-0.2, -0.15) is 0 Å². The van der Waals surface area contributed by atoms with Crippen LogP contribution in [0, 0.1) is 10.1 Å². The summed E-state index contributed by atoms with van der Waals surface area (Å²) >= 11 is 0. The van der Waals surface area contributed by atoms with Crippen LogP contribution < -0.4 is 0 Å². The van der Waals surface area contributed by atoms with Gasteiger partial charge in [-0.25, -0.2) is 4.98 Å². The minimum atomic E-state index is -0.414. The molecule has 0 aliphatic carbocycles. The molecule has 1 aromatic heterocycles. The molecule has 88 valence electrons. The number of hydrogen-bond acceptors (Lipinski definition) is 3. The van der Waals surface area contributed by atoms with Crippen molar-refractivity contribution in [1.29, 1.82) is 0 Å². The number of nitro benzene ring substituents is 1. The third-order valence-electron chi connectivity index (χ3n) is 2.74. The number of nitrogens with one attached hydrogen (secondary N) is 1. The number of nitrogens with zero attached hydrogens (tertiary/aromatic N) is 2. The molecule has 0 bridgehead atoms. The summed E-state index contributed by atoms with van der Waals surface area (Å²) in [5, 5.41) is 10.6. The third-order valence-corrected chi connectivity index (χ3v) is 2.74. The maximum atomic E-state index is 10.6. The van der Waals surface area contributed by atoms with Crippen LogP contribution in [0.5, 0.6) is 0 Å². The highest BCUT2D eigenvalue weighted by Gasteiger charge is 2.08. The molecular formula is C13H9N3O2. The highest BCUT2D eigenvalue weighted by Crippen LogP contribution is 2.22. The van der Waals surface area contributed by atoms with Crippen molar-refractivity contribution in [3.05, 3.63) is 58.6 Å². The van der Waals surface area contributed by atoms with Gasteiger partial charge in [-0.05, 0) is 24.3 Å². The predicted molar refractivity (Wildman–Crippen MR) is 68.2 cm³/mol. The van der Waals surface area contributed by atoms with Crippen molar-refractivity contribution in [2.24, 2.45) is 0 Å². The number of hydrogen-bond donors (Lipinski definition) is 1. The molecular weight excluding hydrogens is 230 g/mol. The molecule has 0 spiro atoms. The molecule has 5 heteroatoms. The zero-order chi connectivity index (χ0) is 12.5. The van der Waals surface area contributed by atoms with E-state index in [4.69, 9.17) is 0 Å². The lowest BCUT2D eigenvalue weighted by Gasteiger charge is -1.95. The monoisotopic (exact) mass is 239 g/mol. The van der Waals surface area contributed by atoms with Crippen molar-refractivity contribution in [3.63, 3.8) is 0 Å². The van der Waals surface area contributed by atoms with Crippen LogP contribution in [0.15, 0.2) is 48.5 Å². The summed E-state index contributed by atoms with van der Waals surface area (Å²) in [6.07, 6.45) is 0. The SMILES string of the molecule is O=[N+]([O-])c1ccc(-c2nc3ccccc3[nH]2)cc1. The second kappa shape index (κ2) is 3.96. The Morgan fingerprint density at radius 3 is 2.44 bits per heavy atom. The fourth-order valence-electron chi connectivity index (χ4n) is 1.83. The number of H-pyrrole nitrogens is 1. The number of benzene rings is 2. The molecule has 0 aliphatic rings. The Morgan fingerprint density at radius 1 is 1.06 bits per heavy atom. The molecule has 1 heterocycles. The molecule has 18 heavy (non-hydrogen) atoms. The second-order valence-corrected chi connectivity index (χ2v) is 3.91. The Kier molecular flexibility index (Phi) is 2.30. The van der Waals surface area contributed by atoms with Gasteiger partial charge in [-0.15, -0.1) is 0 Å². The molecule has 0 aliphatic heterocycles. The van der Waals surface area contributed by atoms with Crippen LogP contribution in [-0.4, -0.2) is 14.9 Å². The van der Waals surface area contributed by atoms with Crippen LogP contribution in [-0.2, 0) is 0 Å². The van der Waals surface area contributed by atoms with E-state index in [-0.39, 0.29) is 5.69 Å². The van der Waals surface area contributed by atoms with Crippen LogP contribution >= 0.6 is 0 Å². The van der Waals surface area contributed by atoms with Gasteiger partial charge in [0.2, 0.25) is 0 Å². The second-order valence-electron chi connectivity index (χ2n) is 3.91. The topological polar surface area (TPSA) is 71.8 Å². The van der Waals surface area contributed by atoms with Crippen molar-refractivity contribution in [3.8, 4) is 11.4 Å². The van der Waals surface area contributed by atoms with Crippen LogP contribution in [0.2, 0.25) is 0 Å². The first kappa shape index (κ1) is 10.5. The molecule has 0 saturated carbocycles. The van der Waals surface area contributed by atoms with Gasteiger partial charge in [0.15, 0.2) is 0 Å². The molecule has 0 fully saturated rings. The summed E-state index contributed by atoms with van der Waals surface area (Å²) in [7, 11) is 0. The number of rotatable bonds is 2. The molecule has 3 rings (SSSR count). The number of nitro groups is 1. The van der Waals surface area contributed by atoms with Crippen molar-refractivity contribution < 1.29 is 4.92 Å². The van der Waals surface area contributed by atoms with Crippen LogP contribution in [0.25, 0.3) is 22.4 Å². The number of fused-ring (bicyclic) bond motifs is 1. The van der Waals surface area contributed by atoms with Crippen LogP contribution in [0.1, 0.15) is 0 Å². The number of imidazole rings is 1. The molecule has 1 N–H and O–H groups in total. The summed E-state index contributed by atoms with van der Waals surface area (Å²) in [6.45, 7) is 0. The van der Waals surface area contributed by atoms with Gasteiger partial charge in [0, 0.05) is 17.7 Å². The van der Waals surface area contributed by atoms with E-state index in [2.05, 4.69) is 9.97 Å². The van der Waals surface area contributed by atoms with Gasteiger partial charge < -0.3 is 4.98 Å². The minimum Gasteiger partial charge on any atom is -0.338 e. The smallest absolute Gasteiger partial charge is 0.269 e. The van der Waals surface area contributed by atoms with E-state index in [1.807, 2.05) is 24.3 Å². The van der Waals surface area contributed by atoms with Crippen molar-refractivity contribution in [1.82, 2.24) is 9.97 Å². The summed E-state index contributed by atoms with van der Waals surface area (Å²) in [4.78, 5) is 17.8. The standard InChI is InChI=1S/C13H9N3O2/c17-16(18)10-7-5-9(6-8-10)13-14-11-3-1-2-4-12(11)15-13/h1-8H,(H,14,15). The maximum absolute atomic E-state index is 10.6. The molecule has 0 saturated heterocycles. The maximum Gasteiger partial charge on any atom is 0.269 e. The average molecular weight is 239 g/mol.